The van der Waals surface area contributed by atoms with E-state index in [1.165, 1.54) is 55.4 Å². The smallest absolute Gasteiger partial charge is 0.324 e. The molecule has 34 heavy (non-hydrogen) atoms. The van der Waals surface area contributed by atoms with Crippen molar-refractivity contribution in [2.24, 2.45) is 5.92 Å². The van der Waals surface area contributed by atoms with Gasteiger partial charge in [0.2, 0.25) is 0 Å². The first-order chi connectivity index (χ1) is 16.3. The normalized spacial score (nSPS) is 18.2. The Morgan fingerprint density at radius 2 is 1.44 bits per heavy atom. The van der Waals surface area contributed by atoms with E-state index >= 15 is 0 Å². The number of nitrogens with one attached hydrogen (secondary N) is 1. The summed E-state index contributed by atoms with van der Waals surface area (Å²) in [4.78, 5) is 26.8. The van der Waals surface area contributed by atoms with Crippen LogP contribution in [0, 0.1) is 5.92 Å². The third-order valence-corrected chi connectivity index (χ3v) is 7.03. The molecule has 1 aliphatic carbocycles. The molecule has 0 radical (unpaired) electrons. The summed E-state index contributed by atoms with van der Waals surface area (Å²) in [5.41, 5.74) is 4.20. The Balaban J connectivity index is 1.64. The zero-order valence-electron chi connectivity index (χ0n) is 21.6. The van der Waals surface area contributed by atoms with Gasteiger partial charge in [-0.25, -0.2) is 4.79 Å². The first-order valence-corrected chi connectivity index (χ1v) is 13.1. The predicted octanol–water partition coefficient (Wildman–Crippen LogP) is 7.79. The van der Waals surface area contributed by atoms with E-state index in [9.17, 15) is 9.59 Å². The second kappa shape index (κ2) is 12.2. The fraction of sp³-hybridized carbons (Fsp3) is 0.533. The van der Waals surface area contributed by atoms with Gasteiger partial charge >= 0.3 is 6.03 Å². The van der Waals surface area contributed by atoms with Crippen LogP contribution in [0.15, 0.2) is 48.5 Å². The minimum atomic E-state index is -0.353. The lowest BCUT2D eigenvalue weighted by Gasteiger charge is -2.29. The molecular weight excluding hydrogens is 420 g/mol. The Hall–Kier alpha value is -2.62. The van der Waals surface area contributed by atoms with Crippen LogP contribution >= 0.6 is 0 Å². The van der Waals surface area contributed by atoms with Crippen molar-refractivity contribution in [2.75, 3.05) is 0 Å². The quantitative estimate of drug-likeness (QED) is 0.435. The molecule has 4 heteroatoms. The van der Waals surface area contributed by atoms with Crippen molar-refractivity contribution in [3.05, 3.63) is 59.7 Å². The molecule has 0 aliphatic heterocycles. The van der Waals surface area contributed by atoms with Crippen molar-refractivity contribution < 1.29 is 9.59 Å². The van der Waals surface area contributed by atoms with Crippen molar-refractivity contribution >= 4 is 11.9 Å². The van der Waals surface area contributed by atoms with Gasteiger partial charge in [0.1, 0.15) is 0 Å². The van der Waals surface area contributed by atoms with E-state index in [1.54, 1.807) is 0 Å². The molecule has 0 atom stereocenters. The van der Waals surface area contributed by atoms with Crippen LogP contribution in [0.25, 0.3) is 11.1 Å². The van der Waals surface area contributed by atoms with E-state index < -0.39 is 0 Å². The van der Waals surface area contributed by atoms with Crippen LogP contribution in [0.4, 0.5) is 4.79 Å². The molecule has 1 N–H and O–H groups in total. The zero-order chi connectivity index (χ0) is 24.7. The van der Waals surface area contributed by atoms with Gasteiger partial charge in [0.15, 0.2) is 0 Å². The minimum absolute atomic E-state index is 0.0250. The summed E-state index contributed by atoms with van der Waals surface area (Å²) in [6, 6.07) is 15.9. The van der Waals surface area contributed by atoms with E-state index in [1.807, 2.05) is 52.0 Å². The summed E-state index contributed by atoms with van der Waals surface area (Å²) in [5, 5.41) is 2.82. The highest BCUT2D eigenvalue weighted by atomic mass is 16.2. The van der Waals surface area contributed by atoms with Gasteiger partial charge in [-0.3, -0.25) is 9.69 Å². The number of imide groups is 1. The molecule has 0 unspecified atom stereocenters. The Morgan fingerprint density at radius 3 is 1.94 bits per heavy atom. The molecule has 0 bridgehead atoms. The molecule has 0 spiro atoms. The number of hydrogen-bond acceptors (Lipinski definition) is 2. The Kier molecular flexibility index (Phi) is 9.32. The highest BCUT2D eigenvalue weighted by molar-refractivity contribution is 6.04. The van der Waals surface area contributed by atoms with Gasteiger partial charge in [-0.15, -0.1) is 0 Å². The van der Waals surface area contributed by atoms with Gasteiger partial charge in [0.05, 0.1) is 0 Å². The van der Waals surface area contributed by atoms with Gasteiger partial charge < -0.3 is 5.32 Å². The topological polar surface area (TPSA) is 49.4 Å². The van der Waals surface area contributed by atoms with Gasteiger partial charge in [0.25, 0.3) is 5.91 Å². The molecular formula is C30H42N2O2. The summed E-state index contributed by atoms with van der Waals surface area (Å²) >= 11 is 0. The van der Waals surface area contributed by atoms with Crippen LogP contribution in [0.5, 0.6) is 0 Å². The summed E-state index contributed by atoms with van der Waals surface area (Å²) in [6.07, 6.45) is 9.42. The zero-order valence-corrected chi connectivity index (χ0v) is 21.6. The first-order valence-electron chi connectivity index (χ1n) is 13.1. The number of unbranched alkanes of at least 4 members (excludes halogenated alkanes) is 1. The number of rotatable bonds is 8. The molecule has 1 fully saturated rings. The van der Waals surface area contributed by atoms with E-state index in [0.717, 1.165) is 17.0 Å². The number of carbonyl (C=O) groups is 2. The second-order valence-electron chi connectivity index (χ2n) is 10.4. The number of hydrogen-bond donors (Lipinski definition) is 1. The first kappa shape index (κ1) is 26.0. The predicted molar refractivity (Wildman–Crippen MR) is 141 cm³/mol. The number of benzene rings is 2. The minimum Gasteiger partial charge on any atom is -0.335 e. The average Bonchev–Trinajstić information content (AvgIpc) is 2.82. The number of urea groups is 1. The average molecular weight is 463 g/mol. The fourth-order valence-electron chi connectivity index (χ4n) is 5.05. The van der Waals surface area contributed by atoms with E-state index in [2.05, 4.69) is 36.5 Å². The molecule has 1 aliphatic rings. The van der Waals surface area contributed by atoms with Crippen molar-refractivity contribution in [2.45, 2.75) is 97.6 Å². The lowest BCUT2D eigenvalue weighted by atomic mass is 9.77. The summed E-state index contributed by atoms with van der Waals surface area (Å²) in [7, 11) is 0. The Bertz CT molecular complexity index is 923. The molecule has 184 valence electrons. The van der Waals surface area contributed by atoms with Crippen molar-refractivity contribution in [1.29, 1.82) is 0 Å². The highest BCUT2D eigenvalue weighted by Crippen LogP contribution is 2.38. The maximum atomic E-state index is 13.0. The molecule has 3 amide bonds. The standard InChI is InChI=1S/C30H42N2O2/c1-6-7-8-23-9-11-24(12-10-23)25-13-15-26(16-14-25)27-17-19-28(20-18-27)29(33)32(22(4)5)30(34)31-21(2)3/h13-24H,6-12H2,1-5H3,(H,31,34). The Labute approximate surface area is 206 Å². The maximum absolute atomic E-state index is 13.0. The van der Waals surface area contributed by atoms with E-state index in [0.29, 0.717) is 11.5 Å². The molecule has 0 saturated heterocycles. The molecule has 2 aromatic rings. The summed E-state index contributed by atoms with van der Waals surface area (Å²) < 4.78 is 0. The summed E-state index contributed by atoms with van der Waals surface area (Å²) in [6.45, 7) is 9.77. The van der Waals surface area contributed by atoms with Crippen molar-refractivity contribution in [3.8, 4) is 11.1 Å². The van der Waals surface area contributed by atoms with Crippen LogP contribution in [-0.2, 0) is 0 Å². The third-order valence-electron chi connectivity index (χ3n) is 7.03. The van der Waals surface area contributed by atoms with Crippen LogP contribution in [0.1, 0.15) is 101 Å². The highest BCUT2D eigenvalue weighted by Gasteiger charge is 2.26. The SMILES string of the molecule is CCCCC1CCC(c2ccc(-c3ccc(C(=O)N(C(=O)NC(C)C)C(C)C)cc3)cc2)CC1. The Morgan fingerprint density at radius 1 is 0.882 bits per heavy atom. The monoisotopic (exact) mass is 462 g/mol. The largest absolute Gasteiger partial charge is 0.335 e. The van der Waals surface area contributed by atoms with Crippen LogP contribution in [-0.4, -0.2) is 28.9 Å². The molecule has 3 rings (SSSR count). The molecule has 2 aromatic carbocycles. The third kappa shape index (κ3) is 6.71. The lowest BCUT2D eigenvalue weighted by Crippen LogP contribution is -2.49. The number of nitrogens with zero attached hydrogens (tertiary/aromatic N) is 1. The van der Waals surface area contributed by atoms with E-state index in [-0.39, 0.29) is 24.0 Å². The molecule has 0 aromatic heterocycles. The van der Waals surface area contributed by atoms with Crippen molar-refractivity contribution in [3.63, 3.8) is 0 Å². The van der Waals surface area contributed by atoms with Crippen LogP contribution < -0.4 is 5.32 Å². The summed E-state index contributed by atoms with van der Waals surface area (Å²) in [5.74, 6) is 1.34. The van der Waals surface area contributed by atoms with Gasteiger partial charge in [-0.1, -0.05) is 62.6 Å². The second-order valence-corrected chi connectivity index (χ2v) is 10.4. The van der Waals surface area contributed by atoms with Crippen molar-refractivity contribution in [1.82, 2.24) is 10.2 Å². The number of carbonyl (C=O) groups excluding carboxylic acids is 2. The maximum Gasteiger partial charge on any atom is 0.324 e. The lowest BCUT2D eigenvalue weighted by molar-refractivity contribution is 0.0760. The van der Waals surface area contributed by atoms with Crippen LogP contribution in [0.2, 0.25) is 0 Å². The fourth-order valence-corrected chi connectivity index (χ4v) is 5.05. The molecule has 0 heterocycles. The van der Waals surface area contributed by atoms with Crippen LogP contribution in [0.3, 0.4) is 0 Å². The number of amides is 3. The van der Waals surface area contributed by atoms with Gasteiger partial charge in [0, 0.05) is 17.6 Å². The van der Waals surface area contributed by atoms with Gasteiger partial charge in [-0.2, -0.15) is 0 Å². The van der Waals surface area contributed by atoms with E-state index in [4.69, 9.17) is 0 Å². The molecule has 4 nitrogen and oxygen atoms in total. The van der Waals surface area contributed by atoms with Gasteiger partial charge in [-0.05, 0) is 94.0 Å². The molecule has 1 saturated carbocycles.